The molecule has 4 nitrogen and oxygen atoms in total. The summed E-state index contributed by atoms with van der Waals surface area (Å²) in [7, 11) is 0. The first kappa shape index (κ1) is 19.4. The highest BCUT2D eigenvalue weighted by Crippen LogP contribution is 2.62. The average Bonchev–Trinajstić information content (AvgIpc) is 3.24. The van der Waals surface area contributed by atoms with Gasteiger partial charge in [-0.25, -0.2) is 0 Å². The largest absolute Gasteiger partial charge is 0.381 e. The molecule has 150 valence electrons. The van der Waals surface area contributed by atoms with Gasteiger partial charge in [0.25, 0.3) is 0 Å². The van der Waals surface area contributed by atoms with Gasteiger partial charge in [-0.3, -0.25) is 4.79 Å². The van der Waals surface area contributed by atoms with Crippen LogP contribution in [-0.4, -0.2) is 36.0 Å². The molecule has 0 aromatic heterocycles. The van der Waals surface area contributed by atoms with Gasteiger partial charge < -0.3 is 14.6 Å². The van der Waals surface area contributed by atoms with Crippen molar-refractivity contribution in [3.63, 3.8) is 0 Å². The highest BCUT2D eigenvalue weighted by Gasteiger charge is 2.62. The van der Waals surface area contributed by atoms with Crippen LogP contribution in [0.15, 0.2) is 22.8 Å². The molecule has 1 N–H and O–H groups in total. The molecule has 0 spiro atoms. The maximum atomic E-state index is 12.3. The van der Waals surface area contributed by atoms with Gasteiger partial charge in [-0.15, -0.1) is 0 Å². The molecule has 4 aliphatic rings. The Labute approximate surface area is 163 Å². The molecule has 0 aromatic carbocycles. The van der Waals surface area contributed by atoms with Crippen molar-refractivity contribution >= 4 is 5.78 Å². The maximum Gasteiger partial charge on any atom is 0.161 e. The molecule has 3 aliphatic carbocycles. The Hall–Kier alpha value is -0.970. The first-order valence-corrected chi connectivity index (χ1v) is 10.8. The van der Waals surface area contributed by atoms with Crippen LogP contribution in [0.1, 0.15) is 72.1 Å². The van der Waals surface area contributed by atoms with Gasteiger partial charge in [-0.1, -0.05) is 31.9 Å². The molecule has 1 aliphatic heterocycles. The minimum Gasteiger partial charge on any atom is -0.381 e. The van der Waals surface area contributed by atoms with E-state index in [2.05, 4.69) is 19.9 Å². The van der Waals surface area contributed by atoms with Crippen LogP contribution in [0.2, 0.25) is 0 Å². The fraction of sp³-hybridized carbons (Fsp3) is 0.783. The summed E-state index contributed by atoms with van der Waals surface area (Å²) in [4.78, 5) is 12.3. The number of fused-ring (bicyclic) bond motifs is 3. The average molecular weight is 375 g/mol. The number of ether oxygens (including phenoxy) is 2. The Kier molecular flexibility index (Phi) is 5.11. The van der Waals surface area contributed by atoms with Gasteiger partial charge in [0.15, 0.2) is 12.1 Å². The van der Waals surface area contributed by atoms with E-state index in [1.165, 1.54) is 16.7 Å². The molecular weight excluding hydrogens is 340 g/mol. The highest BCUT2D eigenvalue weighted by atomic mass is 16.7. The molecule has 0 unspecified atom stereocenters. The maximum absolute atomic E-state index is 12.3. The summed E-state index contributed by atoms with van der Waals surface area (Å²) in [5.41, 5.74) is 3.06. The summed E-state index contributed by atoms with van der Waals surface area (Å²) in [6.45, 7) is 7.37. The first-order chi connectivity index (χ1) is 12.9. The van der Waals surface area contributed by atoms with E-state index < -0.39 is 5.60 Å². The van der Waals surface area contributed by atoms with E-state index in [4.69, 9.17) is 9.47 Å². The normalized spacial score (nSPS) is 39.3. The van der Waals surface area contributed by atoms with Crippen molar-refractivity contribution in [1.82, 2.24) is 0 Å². The van der Waals surface area contributed by atoms with Crippen molar-refractivity contribution in [2.45, 2.75) is 84.0 Å². The van der Waals surface area contributed by atoms with Crippen LogP contribution in [0.3, 0.4) is 0 Å². The fourth-order valence-corrected chi connectivity index (χ4v) is 6.42. The lowest BCUT2D eigenvalue weighted by Gasteiger charge is -2.49. The summed E-state index contributed by atoms with van der Waals surface area (Å²) in [6.07, 6.45) is 9.99. The zero-order valence-electron chi connectivity index (χ0n) is 17.1. The van der Waals surface area contributed by atoms with E-state index in [0.29, 0.717) is 31.5 Å². The molecular formula is C23H34O4. The molecule has 4 heteroatoms. The van der Waals surface area contributed by atoms with Crippen LogP contribution < -0.4 is 0 Å². The molecule has 4 atom stereocenters. The van der Waals surface area contributed by atoms with Crippen molar-refractivity contribution < 1.29 is 19.4 Å². The Bertz CT molecular complexity index is 672. The lowest BCUT2D eigenvalue weighted by Crippen LogP contribution is -2.52. The molecule has 0 bridgehead atoms. The summed E-state index contributed by atoms with van der Waals surface area (Å²) >= 11 is 0. The highest BCUT2D eigenvalue weighted by molar-refractivity contribution is 5.86. The van der Waals surface area contributed by atoms with E-state index >= 15 is 0 Å². The molecule has 4 rings (SSSR count). The lowest BCUT2D eigenvalue weighted by atomic mass is 9.56. The molecule has 1 heterocycles. The predicted octanol–water partition coefficient (Wildman–Crippen LogP) is 4.32. The SMILES string of the molecule is CCCC1=C(CC2OCCO2)CC[C@@H]2C1=CC[C@@]1(C)[C@H]2CC[C@]1(O)C(C)=O. The number of hydrogen-bond acceptors (Lipinski definition) is 4. The van der Waals surface area contributed by atoms with Crippen LogP contribution in [0.25, 0.3) is 0 Å². The van der Waals surface area contributed by atoms with E-state index in [9.17, 15) is 9.90 Å². The molecule has 0 amide bonds. The van der Waals surface area contributed by atoms with Crippen LogP contribution in [0.4, 0.5) is 0 Å². The van der Waals surface area contributed by atoms with Gasteiger partial charge in [0.2, 0.25) is 0 Å². The minimum absolute atomic E-state index is 0.0549. The summed E-state index contributed by atoms with van der Waals surface area (Å²) in [6, 6.07) is 0. The fourth-order valence-electron chi connectivity index (χ4n) is 6.42. The zero-order chi connectivity index (χ0) is 19.2. The number of carbonyl (C=O) groups excluding carboxylic acids is 1. The summed E-state index contributed by atoms with van der Waals surface area (Å²) < 4.78 is 11.4. The Morgan fingerprint density at radius 2 is 2.04 bits per heavy atom. The minimum atomic E-state index is -1.15. The number of carbonyl (C=O) groups is 1. The van der Waals surface area contributed by atoms with E-state index in [1.54, 1.807) is 6.92 Å². The number of Topliss-reactive ketones (excluding diaryl/α,β-unsaturated/α-hetero) is 1. The number of ketones is 1. The van der Waals surface area contributed by atoms with Gasteiger partial charge in [-0.05, 0) is 68.4 Å². The van der Waals surface area contributed by atoms with Crippen LogP contribution in [0.5, 0.6) is 0 Å². The number of aliphatic hydroxyl groups is 1. The van der Waals surface area contributed by atoms with E-state index in [1.807, 2.05) is 0 Å². The lowest BCUT2D eigenvalue weighted by molar-refractivity contribution is -0.150. The van der Waals surface area contributed by atoms with E-state index in [0.717, 1.165) is 44.9 Å². The molecule has 0 radical (unpaired) electrons. The predicted molar refractivity (Wildman–Crippen MR) is 104 cm³/mol. The third-order valence-corrected chi connectivity index (χ3v) is 7.93. The van der Waals surface area contributed by atoms with Crippen molar-refractivity contribution in [3.8, 4) is 0 Å². The second-order valence-corrected chi connectivity index (χ2v) is 9.20. The second-order valence-electron chi connectivity index (χ2n) is 9.20. The standard InChI is InChI=1S/C23H34O4/c1-4-5-17-16(14-21-26-12-13-27-21)6-7-19-18(17)8-10-22(3)20(19)9-11-23(22,25)15(2)24/h8,19-21,25H,4-7,9-14H2,1-3H3/t19-,20+,22+,23+/m1/s1. The van der Waals surface area contributed by atoms with Crippen LogP contribution in [0, 0.1) is 17.3 Å². The molecule has 1 saturated carbocycles. The second kappa shape index (κ2) is 7.13. The molecule has 0 aromatic rings. The van der Waals surface area contributed by atoms with Crippen LogP contribution >= 0.6 is 0 Å². The molecule has 1 saturated heterocycles. The third kappa shape index (κ3) is 2.95. The van der Waals surface area contributed by atoms with Crippen molar-refractivity contribution in [3.05, 3.63) is 22.8 Å². The topological polar surface area (TPSA) is 55.8 Å². The van der Waals surface area contributed by atoms with Gasteiger partial charge in [0.1, 0.15) is 5.60 Å². The van der Waals surface area contributed by atoms with Crippen molar-refractivity contribution in [2.24, 2.45) is 17.3 Å². The quantitative estimate of drug-likeness (QED) is 0.778. The van der Waals surface area contributed by atoms with Gasteiger partial charge in [0.05, 0.1) is 13.2 Å². The summed E-state index contributed by atoms with van der Waals surface area (Å²) in [5, 5.41) is 11.2. The third-order valence-electron chi connectivity index (χ3n) is 7.93. The smallest absolute Gasteiger partial charge is 0.161 e. The van der Waals surface area contributed by atoms with Crippen molar-refractivity contribution in [1.29, 1.82) is 0 Å². The monoisotopic (exact) mass is 374 g/mol. The molecule has 2 fully saturated rings. The summed E-state index contributed by atoms with van der Waals surface area (Å²) in [5.74, 6) is 0.826. The van der Waals surface area contributed by atoms with Gasteiger partial charge in [-0.2, -0.15) is 0 Å². The van der Waals surface area contributed by atoms with Crippen LogP contribution in [-0.2, 0) is 14.3 Å². The Morgan fingerprint density at radius 1 is 1.30 bits per heavy atom. The van der Waals surface area contributed by atoms with Gasteiger partial charge in [0, 0.05) is 11.8 Å². The first-order valence-electron chi connectivity index (χ1n) is 10.8. The number of hydrogen-bond donors (Lipinski definition) is 1. The Balaban J connectivity index is 1.66. The zero-order valence-corrected chi connectivity index (χ0v) is 17.1. The Morgan fingerprint density at radius 3 is 2.70 bits per heavy atom. The number of allylic oxidation sites excluding steroid dienone is 3. The van der Waals surface area contributed by atoms with Crippen molar-refractivity contribution in [2.75, 3.05) is 13.2 Å². The van der Waals surface area contributed by atoms with Gasteiger partial charge >= 0.3 is 0 Å². The molecule has 27 heavy (non-hydrogen) atoms. The number of rotatable bonds is 5. The van der Waals surface area contributed by atoms with E-state index in [-0.39, 0.29) is 17.5 Å².